The number of rotatable bonds is 9. The summed E-state index contributed by atoms with van der Waals surface area (Å²) in [7, 11) is 0. The van der Waals surface area contributed by atoms with Gasteiger partial charge in [0.2, 0.25) is 0 Å². The first-order chi connectivity index (χ1) is 21.0. The number of carboxylic acid groups (broad SMARTS) is 1. The molecule has 0 spiro atoms. The van der Waals surface area contributed by atoms with Crippen LogP contribution in [0.15, 0.2) is 48.7 Å². The number of carboxylic acids is 1. The molecule has 1 unspecified atom stereocenters. The Morgan fingerprint density at radius 2 is 1.86 bits per heavy atom. The van der Waals surface area contributed by atoms with E-state index in [9.17, 15) is 27.5 Å². The number of pyridine rings is 1. The molecule has 228 valence electrons. The molecule has 5 aromatic rings. The fourth-order valence-electron chi connectivity index (χ4n) is 4.68. The highest BCUT2D eigenvalue weighted by atomic mass is 32.1. The van der Waals surface area contributed by atoms with E-state index in [-0.39, 0.29) is 39.9 Å². The molecule has 0 amide bonds. The van der Waals surface area contributed by atoms with Crippen molar-refractivity contribution in [2.24, 2.45) is 0 Å². The highest BCUT2D eigenvalue weighted by Gasteiger charge is 2.33. The number of aromatic carboxylic acids is 1. The molecule has 44 heavy (non-hydrogen) atoms. The number of thiazole rings is 1. The number of carbonyl (C=O) groups is 1. The first-order valence-electron chi connectivity index (χ1n) is 13.1. The Labute approximate surface area is 248 Å². The lowest BCUT2D eigenvalue weighted by Gasteiger charge is -2.27. The molecule has 0 bridgehead atoms. The van der Waals surface area contributed by atoms with E-state index in [0.29, 0.717) is 47.5 Å². The molecule has 2 aromatic carbocycles. The van der Waals surface area contributed by atoms with E-state index in [1.54, 1.807) is 10.6 Å². The molecule has 8 nitrogen and oxygen atoms in total. The van der Waals surface area contributed by atoms with Gasteiger partial charge >= 0.3 is 12.1 Å². The van der Waals surface area contributed by atoms with Gasteiger partial charge in [-0.1, -0.05) is 0 Å². The molecular formula is C29H20F6N4O4S. The molecule has 1 fully saturated rings. The van der Waals surface area contributed by atoms with Crippen molar-refractivity contribution < 1.29 is 45.7 Å². The third kappa shape index (κ3) is 5.97. The molecule has 1 atom stereocenters. The normalized spacial score (nSPS) is 15.0. The SMILES string of the molecule is O=C(O)c1ccc2nc(Cc3cc(F)c(-c4ccc(F)c(OCc5ncc(C(F)(F)F)s5)n4)cc3F)n(CC3CCO3)c2c1. The van der Waals surface area contributed by atoms with Crippen LogP contribution in [0, 0.1) is 17.5 Å². The zero-order valence-corrected chi connectivity index (χ0v) is 23.2. The summed E-state index contributed by atoms with van der Waals surface area (Å²) in [5.74, 6) is -4.01. The molecule has 1 saturated heterocycles. The first kappa shape index (κ1) is 29.6. The Hall–Kier alpha value is -4.50. The second-order valence-electron chi connectivity index (χ2n) is 9.92. The molecule has 6 rings (SSSR count). The average molecular weight is 635 g/mol. The minimum Gasteiger partial charge on any atom is -0.478 e. The van der Waals surface area contributed by atoms with E-state index in [1.807, 2.05) is 0 Å². The predicted molar refractivity (Wildman–Crippen MR) is 145 cm³/mol. The minimum absolute atomic E-state index is 0.0429. The summed E-state index contributed by atoms with van der Waals surface area (Å²) in [4.78, 5) is 22.6. The lowest BCUT2D eigenvalue weighted by Crippen LogP contribution is -2.31. The zero-order valence-electron chi connectivity index (χ0n) is 22.4. The van der Waals surface area contributed by atoms with E-state index >= 15 is 8.78 Å². The number of hydrogen-bond acceptors (Lipinski definition) is 7. The second kappa shape index (κ2) is 11.5. The van der Waals surface area contributed by atoms with Crippen molar-refractivity contribution in [1.29, 1.82) is 0 Å². The Morgan fingerprint density at radius 3 is 2.55 bits per heavy atom. The summed E-state index contributed by atoms with van der Waals surface area (Å²) < 4.78 is 96.1. The third-order valence-electron chi connectivity index (χ3n) is 6.99. The molecular weight excluding hydrogens is 614 g/mol. The largest absolute Gasteiger partial charge is 0.478 e. The average Bonchev–Trinajstić information content (AvgIpc) is 3.56. The second-order valence-corrected chi connectivity index (χ2v) is 11.0. The summed E-state index contributed by atoms with van der Waals surface area (Å²) in [5, 5.41) is 9.34. The van der Waals surface area contributed by atoms with Crippen LogP contribution in [0.2, 0.25) is 0 Å². The Morgan fingerprint density at radius 1 is 1.07 bits per heavy atom. The van der Waals surface area contributed by atoms with Crippen LogP contribution < -0.4 is 4.74 Å². The van der Waals surface area contributed by atoms with Crippen LogP contribution in [0.25, 0.3) is 22.3 Å². The molecule has 15 heteroatoms. The van der Waals surface area contributed by atoms with Crippen molar-refractivity contribution in [1.82, 2.24) is 19.5 Å². The van der Waals surface area contributed by atoms with Gasteiger partial charge in [-0.3, -0.25) is 0 Å². The van der Waals surface area contributed by atoms with Gasteiger partial charge in [-0.05, 0) is 54.4 Å². The van der Waals surface area contributed by atoms with Gasteiger partial charge in [-0.15, -0.1) is 11.3 Å². The van der Waals surface area contributed by atoms with Gasteiger partial charge < -0.3 is 19.1 Å². The molecule has 0 aliphatic carbocycles. The highest BCUT2D eigenvalue weighted by molar-refractivity contribution is 7.11. The Bertz CT molecular complexity index is 1890. The lowest BCUT2D eigenvalue weighted by molar-refractivity contribution is -0.134. The van der Waals surface area contributed by atoms with Crippen LogP contribution in [0.5, 0.6) is 5.88 Å². The van der Waals surface area contributed by atoms with Crippen LogP contribution in [0.4, 0.5) is 26.3 Å². The summed E-state index contributed by atoms with van der Waals surface area (Å²) in [6.45, 7) is 0.408. The van der Waals surface area contributed by atoms with Gasteiger partial charge in [0.05, 0.1) is 41.1 Å². The van der Waals surface area contributed by atoms with E-state index in [4.69, 9.17) is 9.47 Å². The zero-order chi connectivity index (χ0) is 31.2. The number of nitrogens with zero attached hydrogens (tertiary/aromatic N) is 4. The molecule has 0 saturated carbocycles. The van der Waals surface area contributed by atoms with Gasteiger partial charge in [0, 0.05) is 18.6 Å². The van der Waals surface area contributed by atoms with Crippen molar-refractivity contribution in [3.05, 3.63) is 92.9 Å². The quantitative estimate of drug-likeness (QED) is 0.181. The van der Waals surface area contributed by atoms with E-state index < -0.39 is 47.0 Å². The molecule has 4 heterocycles. The number of alkyl halides is 3. The maximum absolute atomic E-state index is 15.4. The van der Waals surface area contributed by atoms with E-state index in [1.165, 1.54) is 12.1 Å². The highest BCUT2D eigenvalue weighted by Crippen LogP contribution is 2.34. The number of imidazole rings is 1. The van der Waals surface area contributed by atoms with Crippen LogP contribution >= 0.6 is 11.3 Å². The predicted octanol–water partition coefficient (Wildman–Crippen LogP) is 6.65. The molecule has 1 aliphatic rings. The van der Waals surface area contributed by atoms with Crippen LogP contribution in [-0.2, 0) is 30.5 Å². The standard InChI is InChI=1S/C29H20F6N4O4S/c30-18-2-4-21(38-27(18)43-13-26-36-11-24(44-26)29(33,34)35)17-10-19(31)15(7-20(17)32)9-25-37-22-3-1-14(28(40)41)8-23(22)39(25)12-16-5-6-42-16/h1-4,7-8,10-11,16H,5-6,9,12-13H2,(H,40,41). The van der Waals surface area contributed by atoms with Crippen molar-refractivity contribution in [2.75, 3.05) is 6.61 Å². The number of halogens is 6. The van der Waals surface area contributed by atoms with Crippen molar-refractivity contribution >= 4 is 28.3 Å². The van der Waals surface area contributed by atoms with Crippen LogP contribution in [0.1, 0.15) is 38.1 Å². The van der Waals surface area contributed by atoms with Crippen LogP contribution in [-0.4, -0.2) is 43.3 Å². The van der Waals surface area contributed by atoms with Gasteiger partial charge in [0.1, 0.15) is 34.0 Å². The van der Waals surface area contributed by atoms with Gasteiger partial charge in [-0.2, -0.15) is 13.2 Å². The van der Waals surface area contributed by atoms with Gasteiger partial charge in [0.25, 0.3) is 5.88 Å². The number of ether oxygens (including phenoxy) is 2. The summed E-state index contributed by atoms with van der Waals surface area (Å²) >= 11 is 0.323. The monoisotopic (exact) mass is 634 g/mol. The topological polar surface area (TPSA) is 99.4 Å². The molecule has 0 radical (unpaired) electrons. The van der Waals surface area contributed by atoms with Crippen LogP contribution in [0.3, 0.4) is 0 Å². The Kier molecular flexibility index (Phi) is 7.75. The fraction of sp³-hybridized carbons (Fsp3) is 0.241. The smallest absolute Gasteiger partial charge is 0.427 e. The van der Waals surface area contributed by atoms with Crippen molar-refractivity contribution in [2.45, 2.75) is 38.3 Å². The lowest BCUT2D eigenvalue weighted by atomic mass is 10.0. The van der Waals surface area contributed by atoms with Crippen molar-refractivity contribution in [3.8, 4) is 17.1 Å². The van der Waals surface area contributed by atoms with Gasteiger partial charge in [0.15, 0.2) is 5.82 Å². The summed E-state index contributed by atoms with van der Waals surface area (Å²) in [5.41, 5.74) is 0.538. The number of aromatic nitrogens is 4. The number of fused-ring (bicyclic) bond motifs is 1. The Balaban J connectivity index is 1.27. The molecule has 1 N–H and O–H groups in total. The summed E-state index contributed by atoms with van der Waals surface area (Å²) in [6.07, 6.45) is -3.44. The fourth-order valence-corrected chi connectivity index (χ4v) is 5.38. The van der Waals surface area contributed by atoms with E-state index in [0.717, 1.165) is 30.7 Å². The molecule has 3 aromatic heterocycles. The summed E-state index contributed by atoms with van der Waals surface area (Å²) in [6, 6.07) is 8.32. The van der Waals surface area contributed by atoms with Crippen molar-refractivity contribution in [3.63, 3.8) is 0 Å². The maximum Gasteiger partial charge on any atom is 0.427 e. The minimum atomic E-state index is -4.59. The number of hydrogen-bond donors (Lipinski definition) is 1. The van der Waals surface area contributed by atoms with Gasteiger partial charge in [-0.25, -0.2) is 32.9 Å². The maximum atomic E-state index is 15.4. The third-order valence-corrected chi connectivity index (χ3v) is 8.01. The first-order valence-corrected chi connectivity index (χ1v) is 13.9. The molecule has 1 aliphatic heterocycles. The number of benzene rings is 2. The van der Waals surface area contributed by atoms with E-state index in [2.05, 4.69) is 15.0 Å².